The number of aryl methyl sites for hydroxylation is 1. The lowest BCUT2D eigenvalue weighted by molar-refractivity contribution is -0.121. The van der Waals surface area contributed by atoms with Gasteiger partial charge in [-0.25, -0.2) is 0 Å². The summed E-state index contributed by atoms with van der Waals surface area (Å²) in [7, 11) is 5.53. The molecule has 1 atom stereocenters. The van der Waals surface area contributed by atoms with Gasteiger partial charge in [0.15, 0.2) is 0 Å². The first-order chi connectivity index (χ1) is 13.4. The summed E-state index contributed by atoms with van der Waals surface area (Å²) in [5.74, 6) is 0.810. The van der Waals surface area contributed by atoms with Gasteiger partial charge in [0.1, 0.15) is 11.5 Å². The molecule has 7 heteroatoms. The number of alkyl halides is 2. The molecule has 0 fully saturated rings. The Morgan fingerprint density at radius 1 is 1.11 bits per heavy atom. The number of halogens is 2. The van der Waals surface area contributed by atoms with Crippen molar-refractivity contribution < 1.29 is 23.0 Å². The minimum atomic E-state index is -2.84. The molecule has 152 valence electrons. The highest BCUT2D eigenvalue weighted by Gasteiger charge is 2.19. The van der Waals surface area contributed by atoms with Crippen molar-refractivity contribution in [1.82, 2.24) is 10.2 Å². The molecule has 5 nitrogen and oxygen atoms in total. The van der Waals surface area contributed by atoms with Crippen molar-refractivity contribution in [3.63, 3.8) is 0 Å². The van der Waals surface area contributed by atoms with E-state index in [0.29, 0.717) is 19.4 Å². The van der Waals surface area contributed by atoms with Gasteiger partial charge >= 0.3 is 6.61 Å². The Labute approximate surface area is 164 Å². The number of ether oxygens (including phenoxy) is 2. The number of rotatable bonds is 10. The molecule has 1 unspecified atom stereocenters. The molecule has 0 aromatic heterocycles. The zero-order valence-corrected chi connectivity index (χ0v) is 16.3. The van der Waals surface area contributed by atoms with Crippen LogP contribution in [0.25, 0.3) is 0 Å². The largest absolute Gasteiger partial charge is 0.496 e. The molecule has 0 aliphatic rings. The average Bonchev–Trinajstić information content (AvgIpc) is 2.67. The SMILES string of the molecule is COc1ccccc1C(CNC(=O)CCc1ccc(OC(F)F)cc1)N(C)C. The second-order valence-electron chi connectivity index (χ2n) is 6.55. The molecule has 0 saturated heterocycles. The number of carbonyl (C=O) groups is 1. The van der Waals surface area contributed by atoms with Gasteiger partial charge in [-0.1, -0.05) is 30.3 Å². The topological polar surface area (TPSA) is 50.8 Å². The van der Waals surface area contributed by atoms with E-state index in [0.717, 1.165) is 16.9 Å². The molecule has 1 amide bonds. The van der Waals surface area contributed by atoms with Gasteiger partial charge in [0.05, 0.1) is 13.2 Å². The van der Waals surface area contributed by atoms with Crippen molar-refractivity contribution in [2.45, 2.75) is 25.5 Å². The normalized spacial score (nSPS) is 12.1. The Balaban J connectivity index is 1.88. The number of carbonyl (C=O) groups excluding carboxylic acids is 1. The Morgan fingerprint density at radius 2 is 1.79 bits per heavy atom. The average molecular weight is 392 g/mol. The van der Waals surface area contributed by atoms with Crippen LogP contribution < -0.4 is 14.8 Å². The minimum absolute atomic E-state index is 0.0223. The van der Waals surface area contributed by atoms with E-state index >= 15 is 0 Å². The van der Waals surface area contributed by atoms with Gasteiger partial charge in [-0.3, -0.25) is 4.79 Å². The molecule has 0 heterocycles. The highest BCUT2D eigenvalue weighted by Crippen LogP contribution is 2.27. The van der Waals surface area contributed by atoms with Crippen LogP contribution >= 0.6 is 0 Å². The molecule has 0 aliphatic carbocycles. The number of para-hydroxylation sites is 1. The second-order valence-corrected chi connectivity index (χ2v) is 6.55. The molecule has 0 spiro atoms. The second kappa shape index (κ2) is 10.6. The summed E-state index contributed by atoms with van der Waals surface area (Å²) in [5, 5.41) is 2.96. The van der Waals surface area contributed by atoms with Gasteiger partial charge in [-0.2, -0.15) is 8.78 Å². The third kappa shape index (κ3) is 6.49. The standard InChI is InChI=1S/C21H26F2N2O3/c1-25(2)18(17-6-4-5-7-19(17)27-3)14-24-20(26)13-10-15-8-11-16(12-9-15)28-21(22)23/h4-9,11-12,18,21H,10,13-14H2,1-3H3,(H,24,26). The van der Waals surface area contributed by atoms with Crippen molar-refractivity contribution in [3.8, 4) is 11.5 Å². The lowest BCUT2D eigenvalue weighted by Crippen LogP contribution is -2.34. The van der Waals surface area contributed by atoms with Crippen molar-refractivity contribution >= 4 is 5.91 Å². The first-order valence-corrected chi connectivity index (χ1v) is 9.00. The molecule has 0 bridgehead atoms. The quantitative estimate of drug-likeness (QED) is 0.671. The van der Waals surface area contributed by atoms with Gasteiger partial charge in [0, 0.05) is 18.5 Å². The maximum atomic E-state index is 12.3. The fraction of sp³-hybridized carbons (Fsp3) is 0.381. The van der Waals surface area contributed by atoms with Crippen molar-refractivity contribution in [2.24, 2.45) is 0 Å². The van der Waals surface area contributed by atoms with Crippen molar-refractivity contribution in [3.05, 3.63) is 59.7 Å². The number of hydrogen-bond donors (Lipinski definition) is 1. The van der Waals surface area contributed by atoms with Crippen LogP contribution in [-0.2, 0) is 11.2 Å². The van der Waals surface area contributed by atoms with Gasteiger partial charge in [0.2, 0.25) is 5.91 Å². The van der Waals surface area contributed by atoms with E-state index in [-0.39, 0.29) is 17.7 Å². The fourth-order valence-corrected chi connectivity index (χ4v) is 2.91. The maximum Gasteiger partial charge on any atom is 0.387 e. The molecule has 0 radical (unpaired) electrons. The molecular formula is C21H26F2N2O3. The minimum Gasteiger partial charge on any atom is -0.496 e. The lowest BCUT2D eigenvalue weighted by atomic mass is 10.0. The highest BCUT2D eigenvalue weighted by molar-refractivity contribution is 5.76. The van der Waals surface area contributed by atoms with E-state index in [4.69, 9.17) is 4.74 Å². The highest BCUT2D eigenvalue weighted by atomic mass is 19.3. The van der Waals surface area contributed by atoms with Gasteiger partial charge in [0.25, 0.3) is 0 Å². The molecule has 0 aliphatic heterocycles. The lowest BCUT2D eigenvalue weighted by Gasteiger charge is -2.26. The Kier molecular flexibility index (Phi) is 8.19. The third-order valence-electron chi connectivity index (χ3n) is 4.40. The Hall–Kier alpha value is -2.67. The van der Waals surface area contributed by atoms with E-state index in [1.54, 1.807) is 19.2 Å². The van der Waals surface area contributed by atoms with E-state index < -0.39 is 6.61 Å². The molecule has 0 saturated carbocycles. The number of hydrogen-bond acceptors (Lipinski definition) is 4. The molecule has 28 heavy (non-hydrogen) atoms. The maximum absolute atomic E-state index is 12.3. The van der Waals surface area contributed by atoms with Gasteiger partial charge in [-0.05, 0) is 44.3 Å². The van der Waals surface area contributed by atoms with Crippen LogP contribution in [-0.4, -0.2) is 45.2 Å². The summed E-state index contributed by atoms with van der Waals surface area (Å²) < 4.78 is 34.1. The monoisotopic (exact) mass is 392 g/mol. The fourth-order valence-electron chi connectivity index (χ4n) is 2.91. The Morgan fingerprint density at radius 3 is 2.39 bits per heavy atom. The number of nitrogens with one attached hydrogen (secondary N) is 1. The smallest absolute Gasteiger partial charge is 0.387 e. The van der Waals surface area contributed by atoms with Crippen LogP contribution in [0.5, 0.6) is 11.5 Å². The van der Waals surface area contributed by atoms with Crippen LogP contribution in [0.1, 0.15) is 23.6 Å². The van der Waals surface area contributed by atoms with E-state index in [1.165, 1.54) is 12.1 Å². The van der Waals surface area contributed by atoms with Crippen LogP contribution in [0, 0.1) is 0 Å². The summed E-state index contributed by atoms with van der Waals surface area (Å²) in [6.45, 7) is -2.39. The number of nitrogens with zero attached hydrogens (tertiary/aromatic N) is 1. The summed E-state index contributed by atoms with van der Waals surface area (Å²) in [5.41, 5.74) is 1.88. The zero-order chi connectivity index (χ0) is 20.5. The molecule has 2 rings (SSSR count). The summed E-state index contributed by atoms with van der Waals surface area (Å²) >= 11 is 0. The summed E-state index contributed by atoms with van der Waals surface area (Å²) in [4.78, 5) is 14.3. The molecule has 2 aromatic carbocycles. The van der Waals surface area contributed by atoms with Crippen LogP contribution in [0.3, 0.4) is 0 Å². The molecular weight excluding hydrogens is 366 g/mol. The third-order valence-corrected chi connectivity index (χ3v) is 4.40. The van der Waals surface area contributed by atoms with Crippen molar-refractivity contribution in [2.75, 3.05) is 27.7 Å². The van der Waals surface area contributed by atoms with E-state index in [9.17, 15) is 13.6 Å². The van der Waals surface area contributed by atoms with Gasteiger partial charge < -0.3 is 19.7 Å². The van der Waals surface area contributed by atoms with E-state index in [1.807, 2.05) is 43.3 Å². The molecule has 1 N–H and O–H groups in total. The first-order valence-electron chi connectivity index (χ1n) is 9.00. The number of benzene rings is 2. The van der Waals surface area contributed by atoms with Crippen LogP contribution in [0.15, 0.2) is 48.5 Å². The zero-order valence-electron chi connectivity index (χ0n) is 16.3. The number of likely N-dealkylation sites (N-methyl/N-ethyl adjacent to an activating group) is 1. The number of methoxy groups -OCH3 is 1. The predicted octanol–water partition coefficient (Wildman–Crippen LogP) is 3.65. The van der Waals surface area contributed by atoms with Crippen LogP contribution in [0.4, 0.5) is 8.78 Å². The van der Waals surface area contributed by atoms with E-state index in [2.05, 4.69) is 10.1 Å². The predicted molar refractivity (Wildman–Crippen MR) is 104 cm³/mol. The van der Waals surface area contributed by atoms with Gasteiger partial charge in [-0.15, -0.1) is 0 Å². The van der Waals surface area contributed by atoms with Crippen LogP contribution in [0.2, 0.25) is 0 Å². The molecule has 2 aromatic rings. The number of amides is 1. The summed E-state index contributed by atoms with van der Waals surface area (Å²) in [6.07, 6.45) is 0.823. The first kappa shape index (κ1) is 21.6. The van der Waals surface area contributed by atoms with Crippen molar-refractivity contribution in [1.29, 1.82) is 0 Å². The Bertz CT molecular complexity index is 752. The summed E-state index contributed by atoms with van der Waals surface area (Å²) in [6, 6.07) is 14.0.